The second kappa shape index (κ2) is 5.09. The average molecular weight is 212 g/mol. The second-order valence-electron chi connectivity index (χ2n) is 2.77. The first-order chi connectivity index (χ1) is 7.15. The number of hydrogen-bond acceptors (Lipinski definition) is 3. The minimum absolute atomic E-state index is 0.0698. The minimum Gasteiger partial charge on any atom is -0.489 e. The van der Waals surface area contributed by atoms with Gasteiger partial charge in [-0.3, -0.25) is 9.59 Å². The Hall–Kier alpha value is -1.91. The van der Waals surface area contributed by atoms with Crippen molar-refractivity contribution in [2.75, 3.05) is 6.61 Å². The van der Waals surface area contributed by atoms with Gasteiger partial charge in [0.2, 0.25) is 0 Å². The minimum atomic E-state index is -1.04. The molecule has 0 saturated carbocycles. The van der Waals surface area contributed by atoms with Gasteiger partial charge in [-0.15, -0.1) is 0 Å². The summed E-state index contributed by atoms with van der Waals surface area (Å²) in [6.07, 6.45) is 0.214. The van der Waals surface area contributed by atoms with Crippen LogP contribution in [-0.2, 0) is 4.79 Å². The van der Waals surface area contributed by atoms with E-state index in [0.717, 1.165) is 6.07 Å². The highest BCUT2D eigenvalue weighted by molar-refractivity contribution is 5.79. The van der Waals surface area contributed by atoms with Crippen LogP contribution in [-0.4, -0.2) is 24.0 Å². The third kappa shape index (κ3) is 3.05. The van der Waals surface area contributed by atoms with Crippen molar-refractivity contribution in [2.24, 2.45) is 0 Å². The predicted octanol–water partition coefficient (Wildman–Crippen LogP) is 1.49. The van der Waals surface area contributed by atoms with Gasteiger partial charge in [0.1, 0.15) is 0 Å². The molecule has 0 saturated heterocycles. The Morgan fingerprint density at radius 1 is 1.53 bits per heavy atom. The third-order valence-corrected chi connectivity index (χ3v) is 1.69. The number of aldehydes is 1. The van der Waals surface area contributed by atoms with Gasteiger partial charge in [-0.25, -0.2) is 4.39 Å². The van der Waals surface area contributed by atoms with E-state index in [0.29, 0.717) is 6.29 Å². The van der Waals surface area contributed by atoms with Gasteiger partial charge in [-0.1, -0.05) is 6.07 Å². The highest BCUT2D eigenvalue weighted by Gasteiger charge is 2.09. The maximum absolute atomic E-state index is 13.1. The quantitative estimate of drug-likeness (QED) is 0.751. The molecule has 4 nitrogen and oxygen atoms in total. The molecule has 0 atom stereocenters. The van der Waals surface area contributed by atoms with Crippen LogP contribution in [0.25, 0.3) is 0 Å². The van der Waals surface area contributed by atoms with Crippen LogP contribution in [0.4, 0.5) is 4.39 Å². The number of aliphatic carboxylic acids is 1. The Morgan fingerprint density at radius 2 is 2.27 bits per heavy atom. The van der Waals surface area contributed by atoms with Crippen LogP contribution < -0.4 is 4.74 Å². The van der Waals surface area contributed by atoms with Crippen molar-refractivity contribution >= 4 is 12.3 Å². The van der Waals surface area contributed by atoms with Crippen LogP contribution in [0.15, 0.2) is 18.2 Å². The zero-order valence-corrected chi connectivity index (χ0v) is 7.77. The topological polar surface area (TPSA) is 63.6 Å². The van der Waals surface area contributed by atoms with Gasteiger partial charge in [0.25, 0.3) is 0 Å². The summed E-state index contributed by atoms with van der Waals surface area (Å²) in [5.74, 6) is -1.92. The average Bonchev–Trinajstić information content (AvgIpc) is 2.20. The molecule has 1 aromatic carbocycles. The molecule has 5 heteroatoms. The summed E-state index contributed by atoms with van der Waals surface area (Å²) >= 11 is 0. The number of carboxylic acids is 1. The number of ether oxygens (including phenoxy) is 1. The summed E-state index contributed by atoms with van der Waals surface area (Å²) in [6, 6.07) is 3.92. The number of carbonyl (C=O) groups is 2. The summed E-state index contributed by atoms with van der Waals surface area (Å²) in [6.45, 7) is -0.170. The fourth-order valence-electron chi connectivity index (χ4n) is 1.01. The van der Waals surface area contributed by atoms with Crippen LogP contribution in [0.3, 0.4) is 0 Å². The second-order valence-corrected chi connectivity index (χ2v) is 2.77. The van der Waals surface area contributed by atoms with Gasteiger partial charge in [-0.2, -0.15) is 0 Å². The molecule has 0 aliphatic rings. The van der Waals surface area contributed by atoms with Gasteiger partial charge in [0.05, 0.1) is 18.6 Å². The molecule has 80 valence electrons. The molecular formula is C10H9FO4. The van der Waals surface area contributed by atoms with E-state index < -0.39 is 11.8 Å². The van der Waals surface area contributed by atoms with E-state index in [4.69, 9.17) is 9.84 Å². The van der Waals surface area contributed by atoms with Crippen LogP contribution in [0.5, 0.6) is 5.75 Å². The number of carbonyl (C=O) groups excluding carboxylic acids is 1. The van der Waals surface area contributed by atoms with E-state index in [2.05, 4.69) is 0 Å². The normalized spacial score (nSPS) is 9.67. The standard InChI is InChI=1S/C10H9FO4/c11-8-3-1-2-7(6-12)10(8)15-5-4-9(13)14/h1-3,6H,4-5H2,(H,13,14). The van der Waals surface area contributed by atoms with Crippen LogP contribution >= 0.6 is 0 Å². The Balaban J connectivity index is 2.74. The maximum atomic E-state index is 13.1. The fraction of sp³-hybridized carbons (Fsp3) is 0.200. The molecule has 1 aromatic rings. The molecule has 0 aliphatic heterocycles. The number of para-hydroxylation sites is 1. The van der Waals surface area contributed by atoms with Gasteiger partial charge < -0.3 is 9.84 Å². The lowest BCUT2D eigenvalue weighted by Crippen LogP contribution is -2.07. The Kier molecular flexibility index (Phi) is 3.79. The molecule has 0 amide bonds. The molecule has 1 N–H and O–H groups in total. The molecule has 0 unspecified atom stereocenters. The smallest absolute Gasteiger partial charge is 0.306 e. The first kappa shape index (κ1) is 11.2. The Morgan fingerprint density at radius 3 is 2.87 bits per heavy atom. The van der Waals surface area contributed by atoms with Crippen molar-refractivity contribution in [2.45, 2.75) is 6.42 Å². The molecule has 0 bridgehead atoms. The highest BCUT2D eigenvalue weighted by Crippen LogP contribution is 2.20. The highest BCUT2D eigenvalue weighted by atomic mass is 19.1. The summed E-state index contributed by atoms with van der Waals surface area (Å²) in [5, 5.41) is 8.34. The Labute approximate surface area is 85.3 Å². The number of hydrogen-bond donors (Lipinski definition) is 1. The molecule has 15 heavy (non-hydrogen) atoms. The van der Waals surface area contributed by atoms with E-state index >= 15 is 0 Å². The van der Waals surface area contributed by atoms with E-state index in [9.17, 15) is 14.0 Å². The van der Waals surface area contributed by atoms with Crippen molar-refractivity contribution < 1.29 is 23.8 Å². The van der Waals surface area contributed by atoms with E-state index in [1.165, 1.54) is 12.1 Å². The molecule has 0 fully saturated rings. The van der Waals surface area contributed by atoms with Crippen LogP contribution in [0.2, 0.25) is 0 Å². The van der Waals surface area contributed by atoms with Crippen molar-refractivity contribution in [1.82, 2.24) is 0 Å². The lowest BCUT2D eigenvalue weighted by Gasteiger charge is -2.07. The maximum Gasteiger partial charge on any atom is 0.306 e. The van der Waals surface area contributed by atoms with Crippen molar-refractivity contribution in [1.29, 1.82) is 0 Å². The third-order valence-electron chi connectivity index (χ3n) is 1.69. The van der Waals surface area contributed by atoms with Crippen molar-refractivity contribution in [3.63, 3.8) is 0 Å². The van der Waals surface area contributed by atoms with Gasteiger partial charge in [-0.05, 0) is 12.1 Å². The fourth-order valence-corrected chi connectivity index (χ4v) is 1.01. The Bertz CT molecular complexity index is 376. The number of rotatable bonds is 5. The lowest BCUT2D eigenvalue weighted by molar-refractivity contribution is -0.137. The molecule has 0 radical (unpaired) electrons. The lowest BCUT2D eigenvalue weighted by atomic mass is 10.2. The molecule has 1 rings (SSSR count). The van der Waals surface area contributed by atoms with Crippen molar-refractivity contribution in [3.8, 4) is 5.75 Å². The molecule has 0 heterocycles. The van der Waals surface area contributed by atoms with Gasteiger partial charge >= 0.3 is 5.97 Å². The molecular weight excluding hydrogens is 203 g/mol. The summed E-state index contributed by atoms with van der Waals surface area (Å²) in [4.78, 5) is 20.7. The summed E-state index contributed by atoms with van der Waals surface area (Å²) < 4.78 is 18.0. The predicted molar refractivity (Wildman–Crippen MR) is 49.5 cm³/mol. The van der Waals surface area contributed by atoms with Gasteiger partial charge in [0.15, 0.2) is 17.9 Å². The SMILES string of the molecule is O=Cc1cccc(F)c1OCCC(=O)O. The molecule has 0 spiro atoms. The molecule has 0 aromatic heterocycles. The van der Waals surface area contributed by atoms with E-state index in [1.54, 1.807) is 0 Å². The monoisotopic (exact) mass is 212 g/mol. The molecule has 0 aliphatic carbocycles. The first-order valence-corrected chi connectivity index (χ1v) is 4.23. The number of carboxylic acid groups (broad SMARTS) is 1. The largest absolute Gasteiger partial charge is 0.489 e. The number of benzene rings is 1. The zero-order valence-electron chi connectivity index (χ0n) is 7.77. The first-order valence-electron chi connectivity index (χ1n) is 4.23. The van der Waals surface area contributed by atoms with E-state index in [1.807, 2.05) is 0 Å². The summed E-state index contributed by atoms with van der Waals surface area (Å²) in [5.41, 5.74) is 0.0698. The van der Waals surface area contributed by atoms with Crippen LogP contribution in [0.1, 0.15) is 16.8 Å². The van der Waals surface area contributed by atoms with E-state index in [-0.39, 0.29) is 24.3 Å². The zero-order chi connectivity index (χ0) is 11.3. The van der Waals surface area contributed by atoms with Crippen LogP contribution in [0, 0.1) is 5.82 Å². The van der Waals surface area contributed by atoms with Gasteiger partial charge in [0, 0.05) is 0 Å². The van der Waals surface area contributed by atoms with Crippen molar-refractivity contribution in [3.05, 3.63) is 29.6 Å². The number of halogens is 1. The summed E-state index contributed by atoms with van der Waals surface area (Å²) in [7, 11) is 0.